The summed E-state index contributed by atoms with van der Waals surface area (Å²) in [5, 5.41) is 2.80. The van der Waals surface area contributed by atoms with Crippen molar-refractivity contribution in [1.29, 1.82) is 0 Å². The van der Waals surface area contributed by atoms with Gasteiger partial charge in [0.05, 0.1) is 32.3 Å². The number of carbonyl (C=O) groups excluding carboxylic acids is 1. The van der Waals surface area contributed by atoms with Gasteiger partial charge >= 0.3 is 0 Å². The number of aromatic nitrogens is 2. The molecular weight excluding hydrogens is 332 g/mol. The highest BCUT2D eigenvalue weighted by Crippen LogP contribution is 2.29. The van der Waals surface area contributed by atoms with E-state index in [1.807, 2.05) is 0 Å². The molecule has 7 nitrogen and oxygen atoms in total. The highest BCUT2D eigenvalue weighted by Gasteiger charge is 2.18. The van der Waals surface area contributed by atoms with Crippen LogP contribution in [0.25, 0.3) is 0 Å². The molecule has 1 aromatic heterocycles. The smallest absolute Gasteiger partial charge is 0.275 e. The third kappa shape index (κ3) is 4.04. The monoisotopic (exact) mass is 356 g/mol. The Morgan fingerprint density at radius 3 is 2.54 bits per heavy atom. The highest BCUT2D eigenvalue weighted by molar-refractivity contribution is 6.03. The first-order valence-electron chi connectivity index (χ1n) is 8.71. The molecule has 3 rings (SSSR count). The van der Waals surface area contributed by atoms with E-state index in [4.69, 9.17) is 9.47 Å². The van der Waals surface area contributed by atoms with Gasteiger partial charge in [0.15, 0.2) is 0 Å². The largest absolute Gasteiger partial charge is 0.497 e. The summed E-state index contributed by atoms with van der Waals surface area (Å²) >= 11 is 0. The summed E-state index contributed by atoms with van der Waals surface area (Å²) in [6.07, 6.45) is 5.48. The van der Waals surface area contributed by atoms with Crippen molar-refractivity contribution < 1.29 is 14.3 Å². The summed E-state index contributed by atoms with van der Waals surface area (Å²) < 4.78 is 10.5. The number of nitrogens with one attached hydrogen (secondary N) is 1. The van der Waals surface area contributed by atoms with E-state index >= 15 is 0 Å². The van der Waals surface area contributed by atoms with E-state index in [-0.39, 0.29) is 11.6 Å². The van der Waals surface area contributed by atoms with Gasteiger partial charge in [-0.25, -0.2) is 9.97 Å². The molecule has 1 fully saturated rings. The molecule has 0 saturated carbocycles. The zero-order valence-electron chi connectivity index (χ0n) is 15.4. The van der Waals surface area contributed by atoms with Crippen LogP contribution in [0.5, 0.6) is 11.5 Å². The average Bonchev–Trinajstić information content (AvgIpc) is 2.69. The van der Waals surface area contributed by atoms with Crippen LogP contribution in [0.3, 0.4) is 0 Å². The molecule has 26 heavy (non-hydrogen) atoms. The van der Waals surface area contributed by atoms with Crippen LogP contribution in [0.1, 0.15) is 30.3 Å². The predicted molar refractivity (Wildman–Crippen MR) is 100 cm³/mol. The second kappa shape index (κ2) is 8.03. The summed E-state index contributed by atoms with van der Waals surface area (Å²) in [7, 11) is 3.12. The minimum Gasteiger partial charge on any atom is -0.497 e. The van der Waals surface area contributed by atoms with Crippen molar-refractivity contribution in [3.8, 4) is 11.5 Å². The van der Waals surface area contributed by atoms with Crippen LogP contribution in [0.2, 0.25) is 0 Å². The second-order valence-corrected chi connectivity index (χ2v) is 6.45. The van der Waals surface area contributed by atoms with Crippen LogP contribution in [-0.2, 0) is 0 Å². The van der Waals surface area contributed by atoms with Crippen molar-refractivity contribution >= 4 is 17.4 Å². The molecule has 138 valence electrons. The third-order valence-corrected chi connectivity index (χ3v) is 4.64. The first-order valence-corrected chi connectivity index (χ1v) is 8.71. The van der Waals surface area contributed by atoms with Crippen LogP contribution in [0.15, 0.2) is 30.6 Å². The summed E-state index contributed by atoms with van der Waals surface area (Å²) in [5.41, 5.74) is 0.811. The maximum Gasteiger partial charge on any atom is 0.275 e. The Labute approximate surface area is 153 Å². The quantitative estimate of drug-likeness (QED) is 0.887. The molecule has 2 heterocycles. The fourth-order valence-electron chi connectivity index (χ4n) is 2.93. The fraction of sp³-hybridized carbons (Fsp3) is 0.421. The Balaban J connectivity index is 1.69. The fourth-order valence-corrected chi connectivity index (χ4v) is 2.93. The minimum absolute atomic E-state index is 0.261. The second-order valence-electron chi connectivity index (χ2n) is 6.45. The summed E-state index contributed by atoms with van der Waals surface area (Å²) in [6.45, 7) is 4.22. The number of anilines is 2. The van der Waals surface area contributed by atoms with Gasteiger partial charge in [0.25, 0.3) is 5.91 Å². The molecule has 0 bridgehead atoms. The Hall–Kier alpha value is -2.83. The molecule has 0 atom stereocenters. The van der Waals surface area contributed by atoms with E-state index in [1.165, 1.54) is 6.20 Å². The van der Waals surface area contributed by atoms with E-state index < -0.39 is 0 Å². The molecule has 1 amide bonds. The average molecular weight is 356 g/mol. The van der Waals surface area contributed by atoms with Gasteiger partial charge in [0, 0.05) is 19.2 Å². The van der Waals surface area contributed by atoms with Gasteiger partial charge in [-0.15, -0.1) is 0 Å². The molecule has 1 aromatic carbocycles. The van der Waals surface area contributed by atoms with Crippen molar-refractivity contribution in [3.05, 3.63) is 36.3 Å². The van der Waals surface area contributed by atoms with E-state index in [0.29, 0.717) is 17.2 Å². The van der Waals surface area contributed by atoms with E-state index in [1.54, 1.807) is 38.6 Å². The Morgan fingerprint density at radius 1 is 1.15 bits per heavy atom. The minimum atomic E-state index is -0.334. The number of benzene rings is 1. The molecular formula is C19H24N4O3. The van der Waals surface area contributed by atoms with Crippen LogP contribution < -0.4 is 19.7 Å². The van der Waals surface area contributed by atoms with Crippen molar-refractivity contribution in [1.82, 2.24) is 9.97 Å². The van der Waals surface area contributed by atoms with E-state index in [0.717, 1.165) is 37.7 Å². The molecule has 1 aliphatic heterocycles. The van der Waals surface area contributed by atoms with Gasteiger partial charge < -0.3 is 19.7 Å². The van der Waals surface area contributed by atoms with Crippen molar-refractivity contribution in [2.24, 2.45) is 5.92 Å². The molecule has 0 spiro atoms. The highest BCUT2D eigenvalue weighted by atomic mass is 16.5. The maximum absolute atomic E-state index is 12.5. The standard InChI is InChI=1S/C19H24N4O3/c1-13-6-8-23(9-7-13)18-12-20-16(11-21-18)19(24)22-15-5-4-14(25-2)10-17(15)26-3/h4-5,10-13H,6-9H2,1-3H3,(H,22,24). The number of hydrogen-bond acceptors (Lipinski definition) is 6. The topological polar surface area (TPSA) is 76.6 Å². The van der Waals surface area contributed by atoms with Crippen LogP contribution in [0, 0.1) is 5.92 Å². The summed E-state index contributed by atoms with van der Waals surface area (Å²) in [5.74, 6) is 2.41. The van der Waals surface area contributed by atoms with Crippen LogP contribution in [0.4, 0.5) is 11.5 Å². The molecule has 1 aliphatic rings. The SMILES string of the molecule is COc1ccc(NC(=O)c2cnc(N3CCC(C)CC3)cn2)c(OC)c1. The molecule has 0 radical (unpaired) electrons. The van der Waals surface area contributed by atoms with Gasteiger partial charge in [0.1, 0.15) is 23.0 Å². The number of ether oxygens (including phenoxy) is 2. The number of piperidine rings is 1. The number of nitrogens with zero attached hydrogens (tertiary/aromatic N) is 3. The molecule has 0 aliphatic carbocycles. The molecule has 0 unspecified atom stereocenters. The predicted octanol–water partition coefficient (Wildman–Crippen LogP) is 2.98. The van der Waals surface area contributed by atoms with Crippen molar-refractivity contribution in [2.75, 3.05) is 37.5 Å². The first-order chi connectivity index (χ1) is 12.6. The van der Waals surface area contributed by atoms with Crippen molar-refractivity contribution in [2.45, 2.75) is 19.8 Å². The molecule has 2 aromatic rings. The normalized spacial score (nSPS) is 14.8. The lowest BCUT2D eigenvalue weighted by atomic mass is 9.99. The number of methoxy groups -OCH3 is 2. The van der Waals surface area contributed by atoms with Crippen LogP contribution in [-0.4, -0.2) is 43.2 Å². The lowest BCUT2D eigenvalue weighted by Crippen LogP contribution is -2.33. The summed E-state index contributed by atoms with van der Waals surface area (Å²) in [6, 6.07) is 5.19. The maximum atomic E-state index is 12.5. The zero-order valence-corrected chi connectivity index (χ0v) is 15.4. The van der Waals surface area contributed by atoms with Crippen LogP contribution >= 0.6 is 0 Å². The van der Waals surface area contributed by atoms with Gasteiger partial charge in [-0.1, -0.05) is 6.92 Å². The van der Waals surface area contributed by atoms with Gasteiger partial charge in [-0.3, -0.25) is 4.79 Å². The number of hydrogen-bond donors (Lipinski definition) is 1. The lowest BCUT2D eigenvalue weighted by molar-refractivity contribution is 0.102. The third-order valence-electron chi connectivity index (χ3n) is 4.64. The lowest BCUT2D eigenvalue weighted by Gasteiger charge is -2.30. The first kappa shape index (κ1) is 18.0. The molecule has 1 N–H and O–H groups in total. The molecule has 1 saturated heterocycles. The van der Waals surface area contributed by atoms with E-state index in [9.17, 15) is 4.79 Å². The van der Waals surface area contributed by atoms with Crippen molar-refractivity contribution in [3.63, 3.8) is 0 Å². The Bertz CT molecular complexity index is 756. The van der Waals surface area contributed by atoms with Gasteiger partial charge in [-0.05, 0) is 30.9 Å². The molecule has 7 heteroatoms. The number of rotatable bonds is 5. The number of carbonyl (C=O) groups is 1. The Kier molecular flexibility index (Phi) is 5.55. The Morgan fingerprint density at radius 2 is 1.92 bits per heavy atom. The van der Waals surface area contributed by atoms with E-state index in [2.05, 4.69) is 27.1 Å². The van der Waals surface area contributed by atoms with Gasteiger partial charge in [0.2, 0.25) is 0 Å². The summed E-state index contributed by atoms with van der Waals surface area (Å²) in [4.78, 5) is 23.4. The van der Waals surface area contributed by atoms with Gasteiger partial charge in [-0.2, -0.15) is 0 Å². The number of amides is 1. The zero-order chi connectivity index (χ0) is 18.5.